The SMILES string of the molecule is COC[C@@]1(C)NC(=O)N(CCC(C)(C)C#N)C1=O. The van der Waals surface area contributed by atoms with Gasteiger partial charge in [-0.3, -0.25) is 9.69 Å². The van der Waals surface area contributed by atoms with E-state index < -0.39 is 17.0 Å². The molecule has 1 aliphatic heterocycles. The van der Waals surface area contributed by atoms with Crippen LogP contribution in [0.3, 0.4) is 0 Å². The van der Waals surface area contributed by atoms with Crippen molar-refractivity contribution in [2.75, 3.05) is 20.3 Å². The summed E-state index contributed by atoms with van der Waals surface area (Å²) in [4.78, 5) is 25.0. The lowest BCUT2D eigenvalue weighted by molar-refractivity contribution is -0.132. The lowest BCUT2D eigenvalue weighted by atomic mass is 9.91. The molecule has 0 aromatic carbocycles. The van der Waals surface area contributed by atoms with Crippen molar-refractivity contribution in [1.82, 2.24) is 10.2 Å². The Bertz CT molecular complexity index is 400. The van der Waals surface area contributed by atoms with Gasteiger partial charge in [0, 0.05) is 13.7 Å². The highest BCUT2D eigenvalue weighted by Crippen LogP contribution is 2.23. The lowest BCUT2D eigenvalue weighted by Crippen LogP contribution is -2.48. The van der Waals surface area contributed by atoms with Gasteiger partial charge in [-0.15, -0.1) is 0 Å². The van der Waals surface area contributed by atoms with Gasteiger partial charge in [0.1, 0.15) is 5.54 Å². The van der Waals surface area contributed by atoms with Crippen molar-refractivity contribution in [3.05, 3.63) is 0 Å². The van der Waals surface area contributed by atoms with Crippen LogP contribution in [0.4, 0.5) is 4.79 Å². The predicted octanol–water partition coefficient (Wildman–Crippen LogP) is 0.883. The Morgan fingerprint density at radius 3 is 2.61 bits per heavy atom. The third-order valence-corrected chi connectivity index (χ3v) is 3.04. The quantitative estimate of drug-likeness (QED) is 0.737. The van der Waals surface area contributed by atoms with Crippen molar-refractivity contribution in [2.45, 2.75) is 32.7 Å². The third kappa shape index (κ3) is 2.79. The van der Waals surface area contributed by atoms with Crippen LogP contribution < -0.4 is 5.32 Å². The smallest absolute Gasteiger partial charge is 0.325 e. The molecule has 3 amide bonds. The molecule has 1 fully saturated rings. The molecule has 0 bridgehead atoms. The van der Waals surface area contributed by atoms with Crippen LogP contribution >= 0.6 is 0 Å². The monoisotopic (exact) mass is 253 g/mol. The summed E-state index contributed by atoms with van der Waals surface area (Å²) in [6.07, 6.45) is 0.450. The van der Waals surface area contributed by atoms with Gasteiger partial charge in [0.2, 0.25) is 0 Å². The van der Waals surface area contributed by atoms with Gasteiger partial charge in [0.25, 0.3) is 5.91 Å². The first-order valence-electron chi connectivity index (χ1n) is 5.80. The van der Waals surface area contributed by atoms with Crippen molar-refractivity contribution in [1.29, 1.82) is 5.26 Å². The average Bonchev–Trinajstić information content (AvgIpc) is 2.48. The van der Waals surface area contributed by atoms with E-state index in [1.165, 1.54) is 7.11 Å². The summed E-state index contributed by atoms with van der Waals surface area (Å²) in [5.74, 6) is -0.303. The molecule has 0 saturated carbocycles. The first kappa shape index (κ1) is 14.5. The van der Waals surface area contributed by atoms with E-state index in [1.54, 1.807) is 20.8 Å². The third-order valence-electron chi connectivity index (χ3n) is 3.04. The minimum atomic E-state index is -0.997. The maximum atomic E-state index is 12.1. The Kier molecular flexibility index (Phi) is 3.97. The van der Waals surface area contributed by atoms with Crippen LogP contribution in [-0.2, 0) is 9.53 Å². The number of rotatable bonds is 5. The number of hydrogen-bond acceptors (Lipinski definition) is 4. The fourth-order valence-corrected chi connectivity index (χ4v) is 1.78. The van der Waals surface area contributed by atoms with Crippen LogP contribution in [0.15, 0.2) is 0 Å². The van der Waals surface area contributed by atoms with E-state index in [4.69, 9.17) is 10.00 Å². The number of nitrogens with zero attached hydrogens (tertiary/aromatic N) is 2. The molecular weight excluding hydrogens is 234 g/mol. The minimum absolute atomic E-state index is 0.135. The van der Waals surface area contributed by atoms with E-state index in [-0.39, 0.29) is 19.1 Å². The number of hydrogen-bond donors (Lipinski definition) is 1. The largest absolute Gasteiger partial charge is 0.382 e. The molecule has 0 spiro atoms. The zero-order chi connectivity index (χ0) is 14.0. The van der Waals surface area contributed by atoms with Crippen LogP contribution in [0.25, 0.3) is 0 Å². The van der Waals surface area contributed by atoms with Crippen LogP contribution in [0.2, 0.25) is 0 Å². The van der Waals surface area contributed by atoms with Gasteiger partial charge in [-0.2, -0.15) is 5.26 Å². The van der Waals surface area contributed by atoms with Gasteiger partial charge >= 0.3 is 6.03 Å². The van der Waals surface area contributed by atoms with E-state index in [0.29, 0.717) is 6.42 Å². The number of carbonyl (C=O) groups excluding carboxylic acids is 2. The van der Waals surface area contributed by atoms with Gasteiger partial charge in [-0.25, -0.2) is 4.79 Å². The Morgan fingerprint density at radius 2 is 2.11 bits per heavy atom. The van der Waals surface area contributed by atoms with E-state index in [0.717, 1.165) is 4.90 Å². The van der Waals surface area contributed by atoms with Crippen molar-refractivity contribution in [2.24, 2.45) is 5.41 Å². The minimum Gasteiger partial charge on any atom is -0.382 e. The fraction of sp³-hybridized carbons (Fsp3) is 0.750. The number of nitrogens with one attached hydrogen (secondary N) is 1. The molecule has 0 radical (unpaired) electrons. The highest BCUT2D eigenvalue weighted by molar-refractivity contribution is 6.06. The number of methoxy groups -OCH3 is 1. The van der Waals surface area contributed by atoms with Gasteiger partial charge in [0.15, 0.2) is 0 Å². The molecule has 1 N–H and O–H groups in total. The van der Waals surface area contributed by atoms with Crippen LogP contribution in [-0.4, -0.2) is 42.6 Å². The molecule has 18 heavy (non-hydrogen) atoms. The molecule has 1 rings (SSSR count). The molecule has 0 unspecified atom stereocenters. The molecule has 100 valence electrons. The van der Waals surface area contributed by atoms with Crippen molar-refractivity contribution >= 4 is 11.9 Å². The molecule has 1 aliphatic rings. The second-order valence-corrected chi connectivity index (χ2v) is 5.40. The van der Waals surface area contributed by atoms with E-state index >= 15 is 0 Å². The Labute approximate surface area is 107 Å². The van der Waals surface area contributed by atoms with E-state index in [1.807, 2.05) is 0 Å². The van der Waals surface area contributed by atoms with E-state index in [2.05, 4.69) is 11.4 Å². The van der Waals surface area contributed by atoms with Crippen LogP contribution in [0.5, 0.6) is 0 Å². The molecule has 6 nitrogen and oxygen atoms in total. The van der Waals surface area contributed by atoms with Crippen LogP contribution in [0.1, 0.15) is 27.2 Å². The van der Waals surface area contributed by atoms with Gasteiger partial charge in [-0.1, -0.05) is 0 Å². The zero-order valence-electron chi connectivity index (χ0n) is 11.2. The van der Waals surface area contributed by atoms with Gasteiger partial charge in [-0.05, 0) is 27.2 Å². The molecule has 0 aromatic rings. The molecule has 6 heteroatoms. The number of nitriles is 1. The second-order valence-electron chi connectivity index (χ2n) is 5.40. The highest BCUT2D eigenvalue weighted by Gasteiger charge is 2.47. The van der Waals surface area contributed by atoms with Crippen LogP contribution in [0, 0.1) is 16.7 Å². The Morgan fingerprint density at radius 1 is 1.50 bits per heavy atom. The summed E-state index contributed by atoms with van der Waals surface area (Å²) in [5.41, 5.74) is -1.55. The maximum Gasteiger partial charge on any atom is 0.325 e. The number of carbonyl (C=O) groups is 2. The molecule has 1 heterocycles. The van der Waals surface area contributed by atoms with Crippen molar-refractivity contribution < 1.29 is 14.3 Å². The fourth-order valence-electron chi connectivity index (χ4n) is 1.78. The average molecular weight is 253 g/mol. The van der Waals surface area contributed by atoms with E-state index in [9.17, 15) is 9.59 Å². The zero-order valence-corrected chi connectivity index (χ0v) is 11.2. The summed E-state index contributed by atoms with van der Waals surface area (Å²) in [5, 5.41) is 11.5. The summed E-state index contributed by atoms with van der Waals surface area (Å²) >= 11 is 0. The van der Waals surface area contributed by atoms with Crippen molar-refractivity contribution in [3.8, 4) is 6.07 Å². The highest BCUT2D eigenvalue weighted by atomic mass is 16.5. The summed E-state index contributed by atoms with van der Waals surface area (Å²) in [6, 6.07) is 1.72. The lowest BCUT2D eigenvalue weighted by Gasteiger charge is -2.22. The molecule has 0 aromatic heterocycles. The van der Waals surface area contributed by atoms with Gasteiger partial charge < -0.3 is 10.1 Å². The molecule has 0 aliphatic carbocycles. The summed E-state index contributed by atoms with van der Waals surface area (Å²) in [6.45, 7) is 5.56. The summed E-state index contributed by atoms with van der Waals surface area (Å²) in [7, 11) is 1.48. The molecule has 1 atom stereocenters. The maximum absolute atomic E-state index is 12.1. The van der Waals surface area contributed by atoms with Crippen molar-refractivity contribution in [3.63, 3.8) is 0 Å². The first-order chi connectivity index (χ1) is 8.25. The number of imide groups is 1. The topological polar surface area (TPSA) is 82.4 Å². The number of amides is 3. The first-order valence-corrected chi connectivity index (χ1v) is 5.80. The Balaban J connectivity index is 2.72. The number of urea groups is 1. The standard InChI is InChI=1S/C12H19N3O3/c1-11(2,7-13)5-6-15-9(16)12(3,8-18-4)14-10(15)17/h5-6,8H2,1-4H3,(H,14,17)/t12-/m1/s1. The normalized spacial score (nSPS) is 24.1. The second kappa shape index (κ2) is 4.94. The molecule has 1 saturated heterocycles. The predicted molar refractivity (Wildman–Crippen MR) is 64.5 cm³/mol. The molecular formula is C12H19N3O3. The number of ether oxygens (including phenoxy) is 1. The summed E-state index contributed by atoms with van der Waals surface area (Å²) < 4.78 is 4.95. The van der Waals surface area contributed by atoms with Gasteiger partial charge in [0.05, 0.1) is 18.1 Å². The Hall–Kier alpha value is -1.61.